The lowest BCUT2D eigenvalue weighted by molar-refractivity contribution is -0.133. The van der Waals surface area contributed by atoms with Gasteiger partial charge in [0.05, 0.1) is 4.83 Å². The van der Waals surface area contributed by atoms with E-state index in [0.717, 1.165) is 26.2 Å². The molecule has 0 spiro atoms. The van der Waals surface area contributed by atoms with E-state index in [0.29, 0.717) is 12.0 Å². The minimum atomic E-state index is -0.0300. The van der Waals surface area contributed by atoms with E-state index in [1.807, 2.05) is 4.90 Å². The van der Waals surface area contributed by atoms with Crippen LogP contribution in [0, 0.1) is 5.92 Å². The predicted molar refractivity (Wildman–Crippen MR) is 75.5 cm³/mol. The predicted octanol–water partition coefficient (Wildman–Crippen LogP) is 2.35. The molecule has 0 aliphatic carbocycles. The second-order valence-electron chi connectivity index (χ2n) is 5.26. The van der Waals surface area contributed by atoms with E-state index in [-0.39, 0.29) is 10.7 Å². The van der Waals surface area contributed by atoms with Crippen LogP contribution in [-0.4, -0.2) is 52.8 Å². The van der Waals surface area contributed by atoms with Crippen molar-refractivity contribution >= 4 is 21.8 Å². The number of nitrogens with zero attached hydrogens (tertiary/aromatic N) is 2. The van der Waals surface area contributed by atoms with Crippen LogP contribution in [0.2, 0.25) is 0 Å². The van der Waals surface area contributed by atoms with Crippen LogP contribution in [0.3, 0.4) is 0 Å². The summed E-state index contributed by atoms with van der Waals surface area (Å²) in [6.07, 6.45) is 1.18. The fraction of sp³-hybridized carbons (Fsp3) is 0.923. The van der Waals surface area contributed by atoms with Crippen molar-refractivity contribution in [2.24, 2.45) is 5.92 Å². The molecule has 0 bridgehead atoms. The van der Waals surface area contributed by atoms with Gasteiger partial charge in [-0.2, -0.15) is 0 Å². The third-order valence-electron chi connectivity index (χ3n) is 3.66. The Morgan fingerprint density at radius 1 is 1.18 bits per heavy atom. The van der Waals surface area contributed by atoms with Gasteiger partial charge in [0.15, 0.2) is 0 Å². The average Bonchev–Trinajstić information content (AvgIpc) is 2.36. The molecule has 1 amide bonds. The molecule has 0 N–H and O–H groups in total. The maximum Gasteiger partial charge on any atom is 0.236 e. The van der Waals surface area contributed by atoms with Gasteiger partial charge in [-0.1, -0.05) is 36.7 Å². The molecular formula is C13H25BrN2O. The van der Waals surface area contributed by atoms with Crippen LogP contribution < -0.4 is 0 Å². The zero-order valence-electron chi connectivity index (χ0n) is 11.4. The fourth-order valence-electron chi connectivity index (χ4n) is 2.10. The van der Waals surface area contributed by atoms with Gasteiger partial charge < -0.3 is 4.90 Å². The van der Waals surface area contributed by atoms with Crippen LogP contribution in [-0.2, 0) is 4.79 Å². The van der Waals surface area contributed by atoms with Gasteiger partial charge in [0.25, 0.3) is 0 Å². The Balaban J connectivity index is 2.44. The van der Waals surface area contributed by atoms with Crippen molar-refractivity contribution in [1.82, 2.24) is 9.80 Å². The van der Waals surface area contributed by atoms with Crippen LogP contribution in [0.5, 0.6) is 0 Å². The van der Waals surface area contributed by atoms with Crippen molar-refractivity contribution in [1.29, 1.82) is 0 Å². The number of piperazine rings is 1. The van der Waals surface area contributed by atoms with Crippen LogP contribution in [0.15, 0.2) is 0 Å². The molecule has 1 saturated heterocycles. The highest BCUT2D eigenvalue weighted by atomic mass is 79.9. The molecule has 1 rings (SSSR count). The van der Waals surface area contributed by atoms with E-state index in [9.17, 15) is 4.79 Å². The number of halogens is 1. The Morgan fingerprint density at radius 2 is 1.71 bits per heavy atom. The van der Waals surface area contributed by atoms with Crippen LogP contribution in [0.25, 0.3) is 0 Å². The standard InChI is InChI=1S/C13H25BrN2O/c1-5-11(4)15-6-8-16(9-7-15)13(17)12(14)10(2)3/h10-12H,5-9H2,1-4H3. The summed E-state index contributed by atoms with van der Waals surface area (Å²) in [6, 6.07) is 0.636. The first kappa shape index (κ1) is 15.0. The minimum Gasteiger partial charge on any atom is -0.339 e. The molecule has 1 aliphatic heterocycles. The van der Waals surface area contributed by atoms with Crippen molar-refractivity contribution in [3.63, 3.8) is 0 Å². The topological polar surface area (TPSA) is 23.6 Å². The molecule has 0 aromatic heterocycles. The van der Waals surface area contributed by atoms with Crippen molar-refractivity contribution in [2.75, 3.05) is 26.2 Å². The second kappa shape index (κ2) is 6.74. The van der Waals surface area contributed by atoms with E-state index in [4.69, 9.17) is 0 Å². The molecule has 4 heteroatoms. The molecule has 1 heterocycles. The summed E-state index contributed by atoms with van der Waals surface area (Å²) >= 11 is 3.50. The molecule has 3 nitrogen and oxygen atoms in total. The normalized spacial score (nSPS) is 21.6. The molecule has 0 aromatic rings. The van der Waals surface area contributed by atoms with Crippen molar-refractivity contribution in [3.8, 4) is 0 Å². The van der Waals surface area contributed by atoms with Gasteiger partial charge in [-0.15, -0.1) is 0 Å². The van der Waals surface area contributed by atoms with Crippen LogP contribution in [0.1, 0.15) is 34.1 Å². The van der Waals surface area contributed by atoms with Gasteiger partial charge >= 0.3 is 0 Å². The number of rotatable bonds is 4. The second-order valence-corrected chi connectivity index (χ2v) is 6.25. The fourth-order valence-corrected chi connectivity index (χ4v) is 2.39. The van der Waals surface area contributed by atoms with E-state index < -0.39 is 0 Å². The lowest BCUT2D eigenvalue weighted by atomic mass is 10.1. The highest BCUT2D eigenvalue weighted by Crippen LogP contribution is 2.17. The zero-order chi connectivity index (χ0) is 13.0. The summed E-state index contributed by atoms with van der Waals surface area (Å²) in [6.45, 7) is 12.4. The van der Waals surface area contributed by atoms with Gasteiger partial charge in [-0.25, -0.2) is 0 Å². The largest absolute Gasteiger partial charge is 0.339 e. The monoisotopic (exact) mass is 304 g/mol. The first-order chi connectivity index (χ1) is 7.97. The van der Waals surface area contributed by atoms with Gasteiger partial charge in [-0.05, 0) is 19.3 Å². The molecule has 0 saturated carbocycles. The number of carbonyl (C=O) groups excluding carboxylic acids is 1. The van der Waals surface area contributed by atoms with Crippen molar-refractivity contribution in [3.05, 3.63) is 0 Å². The Labute approximate surface area is 114 Å². The summed E-state index contributed by atoms with van der Waals surface area (Å²) in [4.78, 5) is 16.6. The summed E-state index contributed by atoms with van der Waals surface area (Å²) in [7, 11) is 0. The van der Waals surface area contributed by atoms with Crippen LogP contribution in [0.4, 0.5) is 0 Å². The quantitative estimate of drug-likeness (QED) is 0.744. The third kappa shape index (κ3) is 3.95. The van der Waals surface area contributed by atoms with Gasteiger partial charge in [0, 0.05) is 32.2 Å². The number of amides is 1. The summed E-state index contributed by atoms with van der Waals surface area (Å²) < 4.78 is 0. The summed E-state index contributed by atoms with van der Waals surface area (Å²) in [5.41, 5.74) is 0. The third-order valence-corrected chi connectivity index (χ3v) is 5.11. The Kier molecular flexibility index (Phi) is 5.93. The van der Waals surface area contributed by atoms with Gasteiger partial charge in [0.2, 0.25) is 5.91 Å². The molecule has 1 fully saturated rings. The number of carbonyl (C=O) groups is 1. The molecular weight excluding hydrogens is 280 g/mol. The van der Waals surface area contributed by atoms with E-state index in [1.165, 1.54) is 6.42 Å². The SMILES string of the molecule is CCC(C)N1CCN(C(=O)C(Br)C(C)C)CC1. The Morgan fingerprint density at radius 3 is 2.12 bits per heavy atom. The molecule has 100 valence electrons. The van der Waals surface area contributed by atoms with E-state index in [2.05, 4.69) is 48.5 Å². The lowest BCUT2D eigenvalue weighted by Gasteiger charge is -2.38. The molecule has 17 heavy (non-hydrogen) atoms. The summed E-state index contributed by atoms with van der Waals surface area (Å²) in [5.74, 6) is 0.610. The van der Waals surface area contributed by atoms with Gasteiger partial charge in [-0.3, -0.25) is 9.69 Å². The smallest absolute Gasteiger partial charge is 0.236 e. The lowest BCUT2D eigenvalue weighted by Crippen LogP contribution is -2.53. The highest BCUT2D eigenvalue weighted by Gasteiger charge is 2.28. The molecule has 1 aliphatic rings. The zero-order valence-corrected chi connectivity index (χ0v) is 13.0. The molecule has 2 unspecified atom stereocenters. The number of hydrogen-bond donors (Lipinski definition) is 0. The first-order valence-electron chi connectivity index (χ1n) is 6.64. The summed E-state index contributed by atoms with van der Waals surface area (Å²) in [5, 5.41) is 0. The maximum atomic E-state index is 12.1. The molecule has 0 radical (unpaired) electrons. The molecule has 0 aromatic carbocycles. The first-order valence-corrected chi connectivity index (χ1v) is 7.55. The van der Waals surface area contributed by atoms with Crippen molar-refractivity contribution < 1.29 is 4.79 Å². The number of alkyl halides is 1. The number of hydrogen-bond acceptors (Lipinski definition) is 2. The van der Waals surface area contributed by atoms with Crippen LogP contribution >= 0.6 is 15.9 Å². The Hall–Kier alpha value is -0.0900. The van der Waals surface area contributed by atoms with Gasteiger partial charge in [0.1, 0.15) is 0 Å². The minimum absolute atomic E-state index is 0.0300. The highest BCUT2D eigenvalue weighted by molar-refractivity contribution is 9.10. The average molecular weight is 305 g/mol. The van der Waals surface area contributed by atoms with E-state index >= 15 is 0 Å². The maximum absolute atomic E-state index is 12.1. The Bertz CT molecular complexity index is 250. The van der Waals surface area contributed by atoms with Crippen molar-refractivity contribution in [2.45, 2.75) is 45.0 Å². The van der Waals surface area contributed by atoms with E-state index in [1.54, 1.807) is 0 Å². The molecule has 2 atom stereocenters.